The predicted molar refractivity (Wildman–Crippen MR) is 83.3 cm³/mol. The molecule has 0 bridgehead atoms. The molecule has 114 valence electrons. The van der Waals surface area contributed by atoms with Crippen molar-refractivity contribution in [2.24, 2.45) is 5.92 Å². The van der Waals surface area contributed by atoms with Crippen LogP contribution in [0.25, 0.3) is 0 Å². The first kappa shape index (κ1) is 17.1. The number of nitrogens with one attached hydrogen (secondary N) is 1. The van der Waals surface area contributed by atoms with E-state index in [9.17, 15) is 8.42 Å². The molecule has 1 rings (SSSR count). The molecular formula is C15H26N2O2S. The van der Waals surface area contributed by atoms with Gasteiger partial charge in [-0.3, -0.25) is 0 Å². The molecule has 0 unspecified atom stereocenters. The fourth-order valence-electron chi connectivity index (χ4n) is 2.05. The molecule has 20 heavy (non-hydrogen) atoms. The molecular weight excluding hydrogens is 272 g/mol. The highest BCUT2D eigenvalue weighted by Crippen LogP contribution is 2.17. The van der Waals surface area contributed by atoms with E-state index in [4.69, 9.17) is 0 Å². The van der Waals surface area contributed by atoms with E-state index in [0.717, 1.165) is 19.4 Å². The Morgan fingerprint density at radius 1 is 1.20 bits per heavy atom. The lowest BCUT2D eigenvalue weighted by Crippen LogP contribution is -2.29. The predicted octanol–water partition coefficient (Wildman–Crippen LogP) is 2.12. The van der Waals surface area contributed by atoms with Crippen molar-refractivity contribution in [3.05, 3.63) is 29.8 Å². The standard InChI is InChI=1S/C15H26N2O2S/c1-13(2)12-14-6-8-15(9-7-14)20(18,19)17(4)11-5-10-16-3/h6-9,13,16H,5,10-12H2,1-4H3. The molecule has 0 heterocycles. The highest BCUT2D eigenvalue weighted by atomic mass is 32.2. The zero-order valence-corrected chi connectivity index (χ0v) is 13.7. The van der Waals surface area contributed by atoms with Gasteiger partial charge in [-0.25, -0.2) is 12.7 Å². The van der Waals surface area contributed by atoms with Crippen molar-refractivity contribution < 1.29 is 8.42 Å². The van der Waals surface area contributed by atoms with E-state index in [-0.39, 0.29) is 0 Å². The average molecular weight is 298 g/mol. The van der Waals surface area contributed by atoms with Crippen molar-refractivity contribution in [1.82, 2.24) is 9.62 Å². The van der Waals surface area contributed by atoms with Crippen LogP contribution in [0.4, 0.5) is 0 Å². The van der Waals surface area contributed by atoms with Gasteiger partial charge in [-0.2, -0.15) is 0 Å². The topological polar surface area (TPSA) is 49.4 Å². The first-order valence-corrected chi connectivity index (χ1v) is 8.51. The number of sulfonamides is 1. The Balaban J connectivity index is 2.76. The van der Waals surface area contributed by atoms with Crippen molar-refractivity contribution in [2.45, 2.75) is 31.6 Å². The van der Waals surface area contributed by atoms with Crippen LogP contribution in [-0.4, -0.2) is 39.9 Å². The molecule has 0 saturated heterocycles. The van der Waals surface area contributed by atoms with E-state index >= 15 is 0 Å². The summed E-state index contributed by atoms with van der Waals surface area (Å²) in [5, 5.41) is 3.02. The highest BCUT2D eigenvalue weighted by Gasteiger charge is 2.19. The van der Waals surface area contributed by atoms with Gasteiger partial charge in [-0.05, 0) is 50.0 Å². The van der Waals surface area contributed by atoms with Crippen LogP contribution in [0.5, 0.6) is 0 Å². The Kier molecular flexibility index (Phi) is 6.65. The maximum Gasteiger partial charge on any atom is 0.242 e. The van der Waals surface area contributed by atoms with E-state index in [1.165, 1.54) is 9.87 Å². The summed E-state index contributed by atoms with van der Waals surface area (Å²) in [5.74, 6) is 0.571. The zero-order valence-electron chi connectivity index (χ0n) is 12.9. The Labute approximate surface area is 123 Å². The monoisotopic (exact) mass is 298 g/mol. The second-order valence-electron chi connectivity index (χ2n) is 5.53. The Morgan fingerprint density at radius 3 is 2.30 bits per heavy atom. The van der Waals surface area contributed by atoms with Gasteiger partial charge in [0.05, 0.1) is 4.90 Å². The largest absolute Gasteiger partial charge is 0.320 e. The Morgan fingerprint density at radius 2 is 1.80 bits per heavy atom. The third-order valence-corrected chi connectivity index (χ3v) is 5.05. The van der Waals surface area contributed by atoms with Crippen molar-refractivity contribution in [1.29, 1.82) is 0 Å². The molecule has 0 aliphatic heterocycles. The van der Waals surface area contributed by atoms with Gasteiger partial charge >= 0.3 is 0 Å². The summed E-state index contributed by atoms with van der Waals surface area (Å²) in [6.07, 6.45) is 1.77. The first-order valence-electron chi connectivity index (χ1n) is 7.07. The van der Waals surface area contributed by atoms with Gasteiger partial charge in [0.15, 0.2) is 0 Å². The smallest absolute Gasteiger partial charge is 0.242 e. The second kappa shape index (κ2) is 7.76. The van der Waals surface area contributed by atoms with Gasteiger partial charge in [0.1, 0.15) is 0 Å². The van der Waals surface area contributed by atoms with Crippen molar-refractivity contribution in [3.8, 4) is 0 Å². The molecule has 0 aliphatic rings. The maximum absolute atomic E-state index is 12.4. The molecule has 0 aliphatic carbocycles. The first-order chi connectivity index (χ1) is 9.37. The number of nitrogens with zero attached hydrogens (tertiary/aromatic N) is 1. The van der Waals surface area contributed by atoms with Crippen LogP contribution in [0.15, 0.2) is 29.2 Å². The van der Waals surface area contributed by atoms with Gasteiger partial charge in [-0.1, -0.05) is 26.0 Å². The summed E-state index contributed by atoms with van der Waals surface area (Å²) >= 11 is 0. The minimum atomic E-state index is -3.36. The normalized spacial score (nSPS) is 12.3. The molecule has 0 atom stereocenters. The van der Waals surface area contributed by atoms with E-state index < -0.39 is 10.0 Å². The van der Waals surface area contributed by atoms with Crippen LogP contribution in [0, 0.1) is 5.92 Å². The van der Waals surface area contributed by atoms with Gasteiger partial charge in [0, 0.05) is 13.6 Å². The zero-order chi connectivity index (χ0) is 15.2. The molecule has 0 amide bonds. The van der Waals surface area contributed by atoms with Gasteiger partial charge in [0.25, 0.3) is 0 Å². The molecule has 0 fully saturated rings. The minimum Gasteiger partial charge on any atom is -0.320 e. The Bertz CT molecular complexity index is 495. The number of hydrogen-bond donors (Lipinski definition) is 1. The van der Waals surface area contributed by atoms with Crippen LogP contribution < -0.4 is 5.32 Å². The summed E-state index contributed by atoms with van der Waals surface area (Å²) in [6.45, 7) is 5.64. The van der Waals surface area contributed by atoms with Gasteiger partial charge < -0.3 is 5.32 Å². The third-order valence-electron chi connectivity index (χ3n) is 3.18. The summed E-state index contributed by atoms with van der Waals surface area (Å²) < 4.78 is 26.1. The van der Waals surface area contributed by atoms with Crippen LogP contribution in [-0.2, 0) is 16.4 Å². The second-order valence-corrected chi connectivity index (χ2v) is 7.57. The quantitative estimate of drug-likeness (QED) is 0.748. The number of benzene rings is 1. The molecule has 0 saturated carbocycles. The molecule has 5 heteroatoms. The van der Waals surface area contributed by atoms with Crippen LogP contribution in [0.3, 0.4) is 0 Å². The van der Waals surface area contributed by atoms with E-state index in [2.05, 4.69) is 19.2 Å². The van der Waals surface area contributed by atoms with E-state index in [0.29, 0.717) is 17.4 Å². The minimum absolute atomic E-state index is 0.372. The van der Waals surface area contributed by atoms with Crippen molar-refractivity contribution in [2.75, 3.05) is 27.2 Å². The molecule has 1 aromatic carbocycles. The molecule has 1 N–H and O–H groups in total. The fourth-order valence-corrected chi connectivity index (χ4v) is 3.26. The lowest BCUT2D eigenvalue weighted by molar-refractivity contribution is 0.458. The molecule has 1 aromatic rings. The van der Waals surface area contributed by atoms with Crippen LogP contribution in [0.2, 0.25) is 0 Å². The number of rotatable bonds is 8. The summed E-state index contributed by atoms with van der Waals surface area (Å²) in [6, 6.07) is 7.24. The fraction of sp³-hybridized carbons (Fsp3) is 0.600. The molecule has 0 radical (unpaired) electrons. The van der Waals surface area contributed by atoms with Crippen molar-refractivity contribution in [3.63, 3.8) is 0 Å². The van der Waals surface area contributed by atoms with E-state index in [1.807, 2.05) is 19.2 Å². The average Bonchev–Trinajstić information content (AvgIpc) is 2.38. The number of hydrogen-bond acceptors (Lipinski definition) is 3. The summed E-state index contributed by atoms with van der Waals surface area (Å²) in [5.41, 5.74) is 1.18. The maximum atomic E-state index is 12.4. The van der Waals surface area contributed by atoms with Gasteiger partial charge in [0.2, 0.25) is 10.0 Å². The van der Waals surface area contributed by atoms with E-state index in [1.54, 1.807) is 19.2 Å². The van der Waals surface area contributed by atoms with Crippen LogP contribution >= 0.6 is 0 Å². The van der Waals surface area contributed by atoms with Crippen LogP contribution in [0.1, 0.15) is 25.8 Å². The third kappa shape index (κ3) is 4.89. The summed E-state index contributed by atoms with van der Waals surface area (Å²) in [4.78, 5) is 0.372. The lowest BCUT2D eigenvalue weighted by Gasteiger charge is -2.17. The molecule has 0 spiro atoms. The SMILES string of the molecule is CNCCCN(C)S(=O)(=O)c1ccc(CC(C)C)cc1. The summed E-state index contributed by atoms with van der Waals surface area (Å²) in [7, 11) is 0.136. The highest BCUT2D eigenvalue weighted by molar-refractivity contribution is 7.89. The molecule has 4 nitrogen and oxygen atoms in total. The lowest BCUT2D eigenvalue weighted by atomic mass is 10.0. The molecule has 0 aromatic heterocycles. The van der Waals surface area contributed by atoms with Gasteiger partial charge in [-0.15, -0.1) is 0 Å². The van der Waals surface area contributed by atoms with Crippen molar-refractivity contribution >= 4 is 10.0 Å². The Hall–Kier alpha value is -0.910.